The van der Waals surface area contributed by atoms with E-state index in [1.807, 2.05) is 0 Å². The summed E-state index contributed by atoms with van der Waals surface area (Å²) in [7, 11) is 0. The fourth-order valence-electron chi connectivity index (χ4n) is 8.74. The molecule has 0 spiro atoms. The molecular formula is C55H108O5. The summed E-state index contributed by atoms with van der Waals surface area (Å²) in [6.45, 7) is 4.17. The molecule has 0 amide bonds. The second-order valence-corrected chi connectivity index (χ2v) is 19.0. The van der Waals surface area contributed by atoms with E-state index in [-0.39, 0.29) is 25.2 Å². The van der Waals surface area contributed by atoms with Crippen molar-refractivity contribution in [3.8, 4) is 0 Å². The van der Waals surface area contributed by atoms with Gasteiger partial charge in [0.1, 0.15) is 6.61 Å². The first-order chi connectivity index (χ1) is 29.6. The minimum absolute atomic E-state index is 0.0570. The Morgan fingerprint density at radius 1 is 0.317 bits per heavy atom. The fourth-order valence-corrected chi connectivity index (χ4v) is 8.74. The summed E-state index contributed by atoms with van der Waals surface area (Å²) in [6, 6.07) is 0. The minimum atomic E-state index is -0.762. The molecule has 0 rings (SSSR count). The predicted molar refractivity (Wildman–Crippen MR) is 261 cm³/mol. The zero-order valence-electron chi connectivity index (χ0n) is 41.0. The highest BCUT2D eigenvalue weighted by atomic mass is 16.6. The van der Waals surface area contributed by atoms with Gasteiger partial charge in [-0.1, -0.05) is 296 Å². The van der Waals surface area contributed by atoms with Gasteiger partial charge in [0.25, 0.3) is 0 Å². The Balaban J connectivity index is 3.31. The van der Waals surface area contributed by atoms with Gasteiger partial charge in [-0.15, -0.1) is 0 Å². The van der Waals surface area contributed by atoms with Crippen molar-refractivity contribution in [1.82, 2.24) is 0 Å². The first-order valence-electron chi connectivity index (χ1n) is 27.6. The number of aliphatic hydroxyl groups excluding tert-OH is 1. The molecule has 1 atom stereocenters. The van der Waals surface area contributed by atoms with Gasteiger partial charge < -0.3 is 14.6 Å². The molecule has 0 aromatic rings. The Hall–Kier alpha value is -1.10. The van der Waals surface area contributed by atoms with Gasteiger partial charge in [-0.2, -0.15) is 0 Å². The van der Waals surface area contributed by atoms with Gasteiger partial charge >= 0.3 is 11.9 Å². The molecule has 0 bridgehead atoms. The van der Waals surface area contributed by atoms with Gasteiger partial charge in [-0.25, -0.2) is 0 Å². The minimum Gasteiger partial charge on any atom is -0.462 e. The molecule has 0 aromatic carbocycles. The van der Waals surface area contributed by atoms with E-state index in [1.54, 1.807) is 0 Å². The van der Waals surface area contributed by atoms with Crippen LogP contribution in [0, 0.1) is 0 Å². The first kappa shape index (κ1) is 58.9. The second kappa shape index (κ2) is 52.2. The predicted octanol–water partition coefficient (Wildman–Crippen LogP) is 18.2. The normalized spacial score (nSPS) is 12.0. The summed E-state index contributed by atoms with van der Waals surface area (Å²) in [4.78, 5) is 24.3. The van der Waals surface area contributed by atoms with E-state index in [4.69, 9.17) is 9.47 Å². The SMILES string of the molecule is CCCCCCCCCCCCCCCCCCCCCCCCCCCCCCCCCCCCCCC(=O)OC(CO)COC(=O)CCCCCCCCCCCC. The van der Waals surface area contributed by atoms with Crippen molar-refractivity contribution < 1.29 is 24.2 Å². The second-order valence-electron chi connectivity index (χ2n) is 19.0. The lowest BCUT2D eigenvalue weighted by Gasteiger charge is -2.15. The molecule has 0 aliphatic carbocycles. The number of ether oxygens (including phenoxy) is 2. The van der Waals surface area contributed by atoms with Crippen LogP contribution >= 0.6 is 0 Å². The average Bonchev–Trinajstić information content (AvgIpc) is 3.25. The summed E-state index contributed by atoms with van der Waals surface area (Å²) in [5.41, 5.74) is 0. The molecule has 5 heteroatoms. The smallest absolute Gasteiger partial charge is 0.306 e. The van der Waals surface area contributed by atoms with Gasteiger partial charge in [0.2, 0.25) is 0 Å². The van der Waals surface area contributed by atoms with Crippen LogP contribution in [-0.2, 0) is 19.1 Å². The lowest BCUT2D eigenvalue weighted by molar-refractivity contribution is -0.161. The average molecular weight is 849 g/mol. The number of carbonyl (C=O) groups excluding carboxylic acids is 2. The van der Waals surface area contributed by atoms with Crippen LogP contribution < -0.4 is 0 Å². The van der Waals surface area contributed by atoms with Crippen LogP contribution in [0.4, 0.5) is 0 Å². The van der Waals surface area contributed by atoms with E-state index >= 15 is 0 Å². The van der Waals surface area contributed by atoms with Crippen LogP contribution in [-0.4, -0.2) is 36.4 Å². The highest BCUT2D eigenvalue weighted by molar-refractivity contribution is 5.70. The first-order valence-corrected chi connectivity index (χ1v) is 27.6. The van der Waals surface area contributed by atoms with Crippen molar-refractivity contribution in [3.63, 3.8) is 0 Å². The number of rotatable bonds is 52. The molecule has 5 nitrogen and oxygen atoms in total. The van der Waals surface area contributed by atoms with Gasteiger partial charge in [0, 0.05) is 12.8 Å². The van der Waals surface area contributed by atoms with E-state index in [1.165, 1.54) is 257 Å². The van der Waals surface area contributed by atoms with Crippen molar-refractivity contribution in [2.24, 2.45) is 0 Å². The van der Waals surface area contributed by atoms with E-state index in [9.17, 15) is 14.7 Å². The number of hydrogen-bond acceptors (Lipinski definition) is 5. The van der Waals surface area contributed by atoms with Crippen LogP contribution in [0.1, 0.15) is 322 Å². The number of unbranched alkanes of at least 4 members (excludes halogenated alkanes) is 44. The maximum Gasteiger partial charge on any atom is 0.306 e. The zero-order valence-corrected chi connectivity index (χ0v) is 41.0. The van der Waals surface area contributed by atoms with Crippen molar-refractivity contribution in [2.75, 3.05) is 13.2 Å². The van der Waals surface area contributed by atoms with E-state index in [0.29, 0.717) is 12.8 Å². The Kier molecular flexibility index (Phi) is 51.3. The molecule has 0 saturated carbocycles. The molecule has 60 heavy (non-hydrogen) atoms. The Morgan fingerprint density at radius 3 is 0.733 bits per heavy atom. The van der Waals surface area contributed by atoms with Gasteiger partial charge in [0.05, 0.1) is 6.61 Å². The maximum absolute atomic E-state index is 12.2. The molecule has 1 N–H and O–H groups in total. The Morgan fingerprint density at radius 2 is 0.517 bits per heavy atom. The van der Waals surface area contributed by atoms with Crippen LogP contribution in [0.3, 0.4) is 0 Å². The topological polar surface area (TPSA) is 72.8 Å². The van der Waals surface area contributed by atoms with Crippen LogP contribution in [0.15, 0.2) is 0 Å². The molecule has 0 heterocycles. The molecule has 0 aliphatic heterocycles. The quantitative estimate of drug-likeness (QED) is 0.0488. The number of carbonyl (C=O) groups is 2. The molecule has 0 radical (unpaired) electrons. The fraction of sp³-hybridized carbons (Fsp3) is 0.964. The summed E-state index contributed by atoms with van der Waals surface area (Å²) < 4.78 is 10.6. The molecule has 0 fully saturated rings. The Bertz CT molecular complexity index is 830. The molecule has 0 saturated heterocycles. The van der Waals surface area contributed by atoms with Crippen molar-refractivity contribution >= 4 is 11.9 Å². The maximum atomic E-state index is 12.2. The standard InChI is InChI=1S/C55H108O5/c1-3-5-7-9-11-13-15-16-17-18-19-20-21-22-23-24-25-26-27-28-29-30-31-32-33-34-35-36-37-38-39-40-42-44-46-48-50-55(58)60-53(51-56)52-59-54(57)49-47-45-43-41-14-12-10-8-6-4-2/h53,56H,3-52H2,1-2H3. The third-order valence-electron chi connectivity index (χ3n) is 12.9. The van der Waals surface area contributed by atoms with Gasteiger partial charge in [-0.3, -0.25) is 9.59 Å². The van der Waals surface area contributed by atoms with E-state index in [0.717, 1.165) is 38.5 Å². The highest BCUT2D eigenvalue weighted by Gasteiger charge is 2.16. The summed E-state index contributed by atoms with van der Waals surface area (Å²) >= 11 is 0. The third kappa shape index (κ3) is 49.6. The molecule has 0 aromatic heterocycles. The monoisotopic (exact) mass is 849 g/mol. The van der Waals surface area contributed by atoms with E-state index in [2.05, 4.69) is 13.8 Å². The summed E-state index contributed by atoms with van der Waals surface area (Å²) in [5, 5.41) is 9.59. The number of aliphatic hydroxyl groups is 1. The third-order valence-corrected chi connectivity index (χ3v) is 12.9. The van der Waals surface area contributed by atoms with Crippen molar-refractivity contribution in [1.29, 1.82) is 0 Å². The zero-order chi connectivity index (χ0) is 43.5. The van der Waals surface area contributed by atoms with Gasteiger partial charge in [-0.05, 0) is 12.8 Å². The highest BCUT2D eigenvalue weighted by Crippen LogP contribution is 2.18. The lowest BCUT2D eigenvalue weighted by atomic mass is 10.0. The summed E-state index contributed by atoms with van der Waals surface area (Å²) in [6.07, 6.45) is 62.5. The largest absolute Gasteiger partial charge is 0.462 e. The molecule has 0 aliphatic rings. The van der Waals surface area contributed by atoms with Gasteiger partial charge in [0.15, 0.2) is 6.10 Å². The van der Waals surface area contributed by atoms with Crippen LogP contribution in [0.5, 0.6) is 0 Å². The lowest BCUT2D eigenvalue weighted by Crippen LogP contribution is -2.28. The van der Waals surface area contributed by atoms with Crippen LogP contribution in [0.25, 0.3) is 0 Å². The Labute approximate surface area is 376 Å². The molecule has 1 unspecified atom stereocenters. The molecule has 358 valence electrons. The van der Waals surface area contributed by atoms with Crippen molar-refractivity contribution in [3.05, 3.63) is 0 Å². The van der Waals surface area contributed by atoms with Crippen molar-refractivity contribution in [2.45, 2.75) is 328 Å². The number of esters is 2. The van der Waals surface area contributed by atoms with Crippen LogP contribution in [0.2, 0.25) is 0 Å². The summed E-state index contributed by atoms with van der Waals surface area (Å²) in [5.74, 6) is -0.572. The number of hydrogen-bond donors (Lipinski definition) is 1. The van der Waals surface area contributed by atoms with E-state index < -0.39 is 6.10 Å². The molecular weight excluding hydrogens is 741 g/mol.